The highest BCUT2D eigenvalue weighted by atomic mass is 16.5. The van der Waals surface area contributed by atoms with Crippen LogP contribution in [-0.2, 0) is 25.5 Å². The minimum atomic E-state index is -1.17. The number of likely N-dealkylation sites (tertiary alicyclic amines) is 1. The monoisotopic (exact) mass is 577 g/mol. The summed E-state index contributed by atoms with van der Waals surface area (Å²) >= 11 is 0. The smallest absolute Gasteiger partial charge is 0.246 e. The second kappa shape index (κ2) is 11.3. The predicted octanol–water partition coefficient (Wildman–Crippen LogP) is 3.70. The number of hydrogen-bond acceptors (Lipinski definition) is 6. The summed E-state index contributed by atoms with van der Waals surface area (Å²) < 4.78 is 12.4. The van der Waals surface area contributed by atoms with Crippen molar-refractivity contribution in [3.8, 4) is 5.75 Å². The van der Waals surface area contributed by atoms with Gasteiger partial charge in [-0.25, -0.2) is 0 Å². The molecule has 3 aliphatic rings. The number of nitrogens with one attached hydrogen (secondary N) is 2. The number of ether oxygens (including phenoxy) is 2. The van der Waals surface area contributed by atoms with Crippen LogP contribution in [0.5, 0.6) is 5.75 Å². The van der Waals surface area contributed by atoms with Crippen molar-refractivity contribution in [3.05, 3.63) is 60.2 Å². The van der Waals surface area contributed by atoms with E-state index in [-0.39, 0.29) is 24.3 Å². The van der Waals surface area contributed by atoms with E-state index in [4.69, 9.17) is 9.47 Å². The van der Waals surface area contributed by atoms with Gasteiger partial charge in [-0.1, -0.05) is 37.3 Å². The molecule has 9 heteroatoms. The standard InChI is InChI=1S/C33H43N3O6/c1-6-32-17-18-33(42-32)26(25(32)28(38)34-22-13-15-24(16-14-22)41-7-2)30(40)36(27(33)29(39)35-31(3,4)5)23(20-37)19-21-11-9-8-10-12-21/h8-16,23,25-27,37H,6-7,17-20H2,1-5H3,(H,34,38)(H,35,39)/t23-,25+,26+,27?,32-,33?/m1/s1. The average molecular weight is 578 g/mol. The summed E-state index contributed by atoms with van der Waals surface area (Å²) in [5, 5.41) is 16.7. The number of benzene rings is 2. The van der Waals surface area contributed by atoms with E-state index in [2.05, 4.69) is 10.6 Å². The molecule has 3 fully saturated rings. The summed E-state index contributed by atoms with van der Waals surface area (Å²) in [4.78, 5) is 44.2. The van der Waals surface area contributed by atoms with Crippen molar-refractivity contribution < 1.29 is 29.0 Å². The first kappa shape index (κ1) is 30.0. The third kappa shape index (κ3) is 5.17. The van der Waals surface area contributed by atoms with E-state index in [1.807, 2.05) is 65.0 Å². The van der Waals surface area contributed by atoms with Crippen molar-refractivity contribution in [1.82, 2.24) is 10.2 Å². The fourth-order valence-electron chi connectivity index (χ4n) is 7.34. The maximum Gasteiger partial charge on any atom is 0.246 e. The first-order valence-corrected chi connectivity index (χ1v) is 15.0. The van der Waals surface area contributed by atoms with Crippen molar-refractivity contribution in [2.75, 3.05) is 18.5 Å². The van der Waals surface area contributed by atoms with Gasteiger partial charge in [0, 0.05) is 11.2 Å². The summed E-state index contributed by atoms with van der Waals surface area (Å²) in [5.74, 6) is -1.90. The van der Waals surface area contributed by atoms with Crippen LogP contribution in [0, 0.1) is 11.8 Å². The number of aliphatic hydroxyl groups excluding tert-OH is 1. The molecule has 3 amide bonds. The fourth-order valence-corrected chi connectivity index (χ4v) is 7.34. The molecule has 2 unspecified atom stereocenters. The molecule has 3 aliphatic heterocycles. The van der Waals surface area contributed by atoms with Crippen molar-refractivity contribution in [3.63, 3.8) is 0 Å². The Morgan fingerprint density at radius 1 is 1.07 bits per heavy atom. The van der Waals surface area contributed by atoms with E-state index in [0.717, 1.165) is 5.56 Å². The highest BCUT2D eigenvalue weighted by Gasteiger charge is 2.79. The Morgan fingerprint density at radius 3 is 2.36 bits per heavy atom. The molecule has 0 radical (unpaired) electrons. The molecule has 226 valence electrons. The summed E-state index contributed by atoms with van der Waals surface area (Å²) in [7, 11) is 0. The van der Waals surface area contributed by atoms with Crippen molar-refractivity contribution in [2.45, 2.75) is 89.1 Å². The van der Waals surface area contributed by atoms with Crippen LogP contribution in [0.1, 0.15) is 59.4 Å². The molecule has 42 heavy (non-hydrogen) atoms. The number of aliphatic hydroxyl groups is 1. The lowest BCUT2D eigenvalue weighted by Gasteiger charge is -2.38. The molecule has 9 nitrogen and oxygen atoms in total. The van der Waals surface area contributed by atoms with Gasteiger partial charge in [-0.2, -0.15) is 0 Å². The Morgan fingerprint density at radius 2 is 1.76 bits per heavy atom. The van der Waals surface area contributed by atoms with E-state index in [1.165, 1.54) is 4.90 Å². The summed E-state index contributed by atoms with van der Waals surface area (Å²) in [6, 6.07) is 15.1. The Balaban J connectivity index is 1.53. The van der Waals surface area contributed by atoms with Gasteiger partial charge in [0.15, 0.2) is 0 Å². The van der Waals surface area contributed by atoms with Gasteiger partial charge in [0.1, 0.15) is 17.4 Å². The number of amides is 3. The zero-order valence-corrected chi connectivity index (χ0v) is 25.2. The number of carbonyl (C=O) groups is 3. The molecule has 0 aliphatic carbocycles. The maximum atomic E-state index is 14.5. The zero-order chi connectivity index (χ0) is 30.3. The second-order valence-corrected chi connectivity index (χ2v) is 12.8. The Labute approximate surface area is 248 Å². The van der Waals surface area contributed by atoms with Crippen LogP contribution in [0.25, 0.3) is 0 Å². The Hall–Kier alpha value is -3.43. The van der Waals surface area contributed by atoms with Crippen LogP contribution in [0.3, 0.4) is 0 Å². The minimum absolute atomic E-state index is 0.304. The molecule has 3 N–H and O–H groups in total. The minimum Gasteiger partial charge on any atom is -0.494 e. The third-order valence-corrected chi connectivity index (χ3v) is 9.00. The maximum absolute atomic E-state index is 14.5. The summed E-state index contributed by atoms with van der Waals surface area (Å²) in [5.41, 5.74) is -1.07. The highest BCUT2D eigenvalue weighted by molar-refractivity contribution is 6.02. The molecule has 5 rings (SSSR count). The van der Waals surface area contributed by atoms with Gasteiger partial charge in [0.05, 0.1) is 36.7 Å². The van der Waals surface area contributed by atoms with Crippen molar-refractivity contribution >= 4 is 23.4 Å². The first-order valence-electron chi connectivity index (χ1n) is 15.0. The van der Waals surface area contributed by atoms with Crippen LogP contribution < -0.4 is 15.4 Å². The van der Waals surface area contributed by atoms with E-state index in [0.29, 0.717) is 43.7 Å². The van der Waals surface area contributed by atoms with Gasteiger partial charge in [-0.3, -0.25) is 14.4 Å². The number of carbonyl (C=O) groups excluding carboxylic acids is 3. The fraction of sp³-hybridized carbons (Fsp3) is 0.545. The average Bonchev–Trinajstić information content (AvgIpc) is 3.56. The van der Waals surface area contributed by atoms with Gasteiger partial charge in [0.25, 0.3) is 0 Å². The molecule has 0 saturated carbocycles. The van der Waals surface area contributed by atoms with Gasteiger partial charge in [0.2, 0.25) is 17.7 Å². The van der Waals surface area contributed by atoms with Crippen LogP contribution in [0.4, 0.5) is 5.69 Å². The summed E-state index contributed by atoms with van der Waals surface area (Å²) in [6.45, 7) is 9.76. The highest BCUT2D eigenvalue weighted by Crippen LogP contribution is 2.64. The molecule has 2 bridgehead atoms. The molecule has 2 aromatic rings. The van der Waals surface area contributed by atoms with Gasteiger partial charge < -0.3 is 30.1 Å². The SMILES string of the molecule is CCOc1ccc(NC(=O)[C@@H]2[C@H]3C(=O)N([C@@H](CO)Cc4ccccc4)C(C(=O)NC(C)(C)C)C34CC[C@@]2(CC)O4)cc1. The lowest BCUT2D eigenvalue weighted by atomic mass is 9.65. The molecule has 1 spiro atoms. The number of nitrogens with zero attached hydrogens (tertiary/aromatic N) is 1. The van der Waals surface area contributed by atoms with E-state index >= 15 is 0 Å². The molecule has 3 saturated heterocycles. The Kier molecular flexibility index (Phi) is 8.11. The summed E-state index contributed by atoms with van der Waals surface area (Å²) in [6.07, 6.45) is 1.94. The third-order valence-electron chi connectivity index (χ3n) is 9.00. The second-order valence-electron chi connectivity index (χ2n) is 12.8. The molecule has 6 atom stereocenters. The van der Waals surface area contributed by atoms with Gasteiger partial charge in [-0.15, -0.1) is 0 Å². The molecule has 2 aromatic carbocycles. The van der Waals surface area contributed by atoms with Crippen LogP contribution in [0.15, 0.2) is 54.6 Å². The largest absolute Gasteiger partial charge is 0.494 e. The van der Waals surface area contributed by atoms with Crippen molar-refractivity contribution in [2.24, 2.45) is 11.8 Å². The zero-order valence-electron chi connectivity index (χ0n) is 25.2. The first-order chi connectivity index (χ1) is 20.0. The lowest BCUT2D eigenvalue weighted by Crippen LogP contribution is -2.60. The van der Waals surface area contributed by atoms with Gasteiger partial charge >= 0.3 is 0 Å². The number of hydrogen-bond donors (Lipinski definition) is 3. The molecule has 3 heterocycles. The quantitative estimate of drug-likeness (QED) is 0.397. The number of fused-ring (bicyclic) bond motifs is 1. The molecule has 0 aromatic heterocycles. The molecular weight excluding hydrogens is 534 g/mol. The topological polar surface area (TPSA) is 117 Å². The number of rotatable bonds is 10. The normalized spacial score (nSPS) is 28.9. The van der Waals surface area contributed by atoms with Crippen molar-refractivity contribution in [1.29, 1.82) is 0 Å². The van der Waals surface area contributed by atoms with Crippen LogP contribution in [0.2, 0.25) is 0 Å². The predicted molar refractivity (Wildman–Crippen MR) is 159 cm³/mol. The van der Waals surface area contributed by atoms with Crippen LogP contribution >= 0.6 is 0 Å². The van der Waals surface area contributed by atoms with E-state index < -0.39 is 40.7 Å². The van der Waals surface area contributed by atoms with E-state index in [1.54, 1.807) is 24.3 Å². The lowest BCUT2D eigenvalue weighted by molar-refractivity contribution is -0.150. The Bertz CT molecular complexity index is 1310. The number of anilines is 1. The van der Waals surface area contributed by atoms with Gasteiger partial charge in [-0.05, 0) is 83.2 Å². The van der Waals surface area contributed by atoms with Crippen LogP contribution in [-0.4, -0.2) is 69.8 Å². The van der Waals surface area contributed by atoms with E-state index in [9.17, 15) is 19.5 Å². The molecular formula is C33H43N3O6.